The van der Waals surface area contributed by atoms with Crippen LogP contribution >= 0.6 is 0 Å². The molecule has 17 aromatic carbocycles. The van der Waals surface area contributed by atoms with Gasteiger partial charge in [0.05, 0.1) is 33.4 Å². The van der Waals surface area contributed by atoms with Crippen molar-refractivity contribution in [2.45, 2.75) is 117 Å². The molecule has 0 N–H and O–H groups in total. The minimum Gasteiger partial charge on any atom is -0.310 e. The van der Waals surface area contributed by atoms with Gasteiger partial charge in [-0.2, -0.15) is 0 Å². The van der Waals surface area contributed by atoms with Crippen LogP contribution in [-0.2, 0) is 28.1 Å². The largest absolute Gasteiger partial charge is 0.310 e. The summed E-state index contributed by atoms with van der Waals surface area (Å²) in [4.78, 5) is 5.56. The van der Waals surface area contributed by atoms with Crippen LogP contribution in [0.3, 0.4) is 0 Å². The van der Waals surface area contributed by atoms with Gasteiger partial charge >= 0.3 is 0 Å². The normalized spacial score (nSPS) is 13.3. The first kappa shape index (κ1) is 77.1. The predicted molar refractivity (Wildman–Crippen MR) is 533 cm³/mol. The summed E-state index contributed by atoms with van der Waals surface area (Å²) in [7, 11) is 0. The summed E-state index contributed by atoms with van der Waals surface area (Å²) < 4.78 is 5.17. The van der Waals surface area contributed by atoms with Crippen molar-refractivity contribution in [2.24, 2.45) is 0 Å². The Morgan fingerprint density at radius 1 is 0.248 bits per heavy atom. The molecule has 0 saturated heterocycles. The van der Waals surface area contributed by atoms with Crippen LogP contribution < -0.4 is 26.2 Å². The molecule has 3 aliphatic rings. The molecule has 0 spiro atoms. The van der Waals surface area contributed by atoms with Crippen LogP contribution in [0.1, 0.15) is 139 Å². The number of nitrogens with zero attached hydrogens (tertiary/aromatic N) is 4. The zero-order chi connectivity index (χ0) is 85.1. The second-order valence-corrected chi connectivity index (χ2v) is 39.2. The number of hydrogen-bond acceptors (Lipinski definition) is 2. The molecule has 604 valence electrons. The van der Waals surface area contributed by atoms with Gasteiger partial charge in [0.15, 0.2) is 0 Å². The zero-order valence-electron chi connectivity index (χ0n) is 73.4. The topological polar surface area (TPSA) is 16.3 Å². The molecule has 0 atom stereocenters. The van der Waals surface area contributed by atoms with E-state index in [1.54, 1.807) is 0 Å². The Morgan fingerprint density at radius 2 is 0.528 bits per heavy atom. The lowest BCUT2D eigenvalue weighted by Crippen LogP contribution is -2.61. The molecule has 0 fully saturated rings. The molecule has 0 radical (unpaired) electrons. The Hall–Kier alpha value is -14.0. The molecule has 19 aromatic rings. The van der Waals surface area contributed by atoms with E-state index >= 15 is 0 Å². The summed E-state index contributed by atoms with van der Waals surface area (Å²) in [6.45, 7) is 27.8. The van der Waals surface area contributed by atoms with Crippen LogP contribution in [0.4, 0.5) is 34.1 Å². The molecule has 1 aliphatic carbocycles. The minimum atomic E-state index is -0.336. The van der Waals surface area contributed by atoms with Crippen molar-refractivity contribution in [3.05, 3.63) is 426 Å². The first-order valence-corrected chi connectivity index (χ1v) is 44.6. The number of anilines is 6. The standard InChI is InChI=1S/C120H101BN4/c1-117(2,3)87-51-59-105-99(70-87)100-71-88(118(4,5)6)52-60-106(100)122(105)91-55-57-103-109(74-91)124(115-95(78-39-23-15-24-40-78)64-84(76-35-19-13-20-36-76)65-96(115)79-41-25-16-26-42-79)111-68-86(113-93-49-33-31-47-82(93)63-83-48-32-34-50-94(83)113)69-112-114(111)121(103)104-58-56-92(123-107-61-53-89(119(7,8)9)72-101(107)102-73-90(120(10,11)12)54-62-108(102)123)75-110(104)125(112)116-97(80-43-27-17-28-44-80)66-85(77-37-21-14-22-38-77)67-98(116)81-45-29-18-30-46-81/h13-62,64-75,113H,63H2,1-12H3. The van der Waals surface area contributed by atoms with E-state index in [4.69, 9.17) is 0 Å². The van der Waals surface area contributed by atoms with Crippen molar-refractivity contribution in [2.75, 3.05) is 9.80 Å². The summed E-state index contributed by atoms with van der Waals surface area (Å²) in [6, 6.07) is 146. The van der Waals surface area contributed by atoms with Gasteiger partial charge < -0.3 is 18.9 Å². The summed E-state index contributed by atoms with van der Waals surface area (Å²) in [5.74, 6) is -0.187. The Morgan fingerprint density at radius 3 is 0.824 bits per heavy atom. The maximum atomic E-state index is 2.78. The monoisotopic (exact) mass is 1610 g/mol. The Labute approximate surface area is 736 Å². The second-order valence-electron chi connectivity index (χ2n) is 39.2. The molecule has 4 heterocycles. The molecule has 2 aliphatic heterocycles. The average molecular weight is 1610 g/mol. The number of fused-ring (bicyclic) bond motifs is 12. The summed E-state index contributed by atoms with van der Waals surface area (Å²) in [5, 5.41) is 5.00. The summed E-state index contributed by atoms with van der Waals surface area (Å²) in [5.41, 5.74) is 42.1. The van der Waals surface area contributed by atoms with Gasteiger partial charge in [0.2, 0.25) is 0 Å². The van der Waals surface area contributed by atoms with Gasteiger partial charge in [-0.1, -0.05) is 350 Å². The smallest absolute Gasteiger partial charge is 0.252 e. The molecule has 125 heavy (non-hydrogen) atoms. The van der Waals surface area contributed by atoms with E-state index in [0.29, 0.717) is 0 Å². The van der Waals surface area contributed by atoms with Gasteiger partial charge in [-0.25, -0.2) is 0 Å². The van der Waals surface area contributed by atoms with Gasteiger partial charge in [0.1, 0.15) is 0 Å². The molecule has 5 heteroatoms. The fourth-order valence-electron chi connectivity index (χ4n) is 20.8. The Kier molecular flexibility index (Phi) is 18.1. The molecular weight excluding hydrogens is 1510 g/mol. The van der Waals surface area contributed by atoms with Crippen molar-refractivity contribution in [3.8, 4) is 78.1 Å². The average Bonchev–Trinajstić information content (AvgIpc) is 0.894. The van der Waals surface area contributed by atoms with Crippen molar-refractivity contribution < 1.29 is 0 Å². The molecule has 2 aromatic heterocycles. The van der Waals surface area contributed by atoms with Crippen molar-refractivity contribution >= 4 is 101 Å². The van der Waals surface area contributed by atoms with E-state index < -0.39 is 0 Å². The molecule has 4 nitrogen and oxygen atoms in total. The summed E-state index contributed by atoms with van der Waals surface area (Å²) in [6.07, 6.45) is 0.839. The highest BCUT2D eigenvalue weighted by atomic mass is 15.2. The SMILES string of the molecule is CC(C)(C)c1ccc2c(c1)c1cc(C(C)(C)C)ccc1n2-c1ccc2c(c1)N(c1c(-c3ccccc3)cc(-c3ccccc3)cc1-c1ccccc1)c1cc(C3c4ccccc4Cc4ccccc43)cc3c1B2c1ccc(-n2c4ccc(C(C)(C)C)cc4c4cc(C(C)(C)C)ccc42)cc1N3c1c(-c2ccccc2)cc(-c2ccccc2)cc1-c1ccccc1. The van der Waals surface area contributed by atoms with Crippen LogP contribution in [0.25, 0.3) is 122 Å². The van der Waals surface area contributed by atoms with Crippen molar-refractivity contribution in [3.63, 3.8) is 0 Å². The quantitative estimate of drug-likeness (QED) is 0.120. The lowest BCUT2D eigenvalue weighted by atomic mass is 9.33. The molecule has 0 amide bonds. The second kappa shape index (κ2) is 29.4. The van der Waals surface area contributed by atoms with E-state index in [1.165, 1.54) is 110 Å². The van der Waals surface area contributed by atoms with Crippen LogP contribution in [0.15, 0.2) is 376 Å². The number of rotatable bonds is 11. The lowest BCUT2D eigenvalue weighted by Gasteiger charge is -2.46. The molecule has 0 bridgehead atoms. The molecule has 0 saturated carbocycles. The highest BCUT2D eigenvalue weighted by molar-refractivity contribution is 7.00. The van der Waals surface area contributed by atoms with Gasteiger partial charge in [-0.3, -0.25) is 0 Å². The van der Waals surface area contributed by atoms with Crippen LogP contribution in [0.2, 0.25) is 0 Å². The zero-order valence-corrected chi connectivity index (χ0v) is 73.4. The first-order chi connectivity index (χ1) is 60.5. The van der Waals surface area contributed by atoms with Crippen molar-refractivity contribution in [1.82, 2.24) is 9.13 Å². The number of hydrogen-bond donors (Lipinski definition) is 0. The Bertz CT molecular complexity index is 6810. The third-order valence-corrected chi connectivity index (χ3v) is 27.2. The van der Waals surface area contributed by atoms with E-state index in [-0.39, 0.29) is 34.3 Å². The minimum absolute atomic E-state index is 0.0906. The van der Waals surface area contributed by atoms with E-state index in [1.807, 2.05) is 0 Å². The lowest BCUT2D eigenvalue weighted by molar-refractivity contribution is 0.590. The molecule has 22 rings (SSSR count). The van der Waals surface area contributed by atoms with Gasteiger partial charge in [0, 0.05) is 83.8 Å². The molecule has 0 unspecified atom stereocenters. The maximum Gasteiger partial charge on any atom is 0.252 e. The van der Waals surface area contributed by atoms with Gasteiger partial charge in [0.25, 0.3) is 6.71 Å². The van der Waals surface area contributed by atoms with E-state index in [9.17, 15) is 0 Å². The number of aromatic nitrogens is 2. The molecular formula is C120H101BN4. The summed E-state index contributed by atoms with van der Waals surface area (Å²) >= 11 is 0. The van der Waals surface area contributed by atoms with Crippen LogP contribution in [-0.4, -0.2) is 15.8 Å². The fourth-order valence-corrected chi connectivity index (χ4v) is 20.8. The fraction of sp³-hybridized carbons (Fsp3) is 0.150. The van der Waals surface area contributed by atoms with Gasteiger partial charge in [-0.15, -0.1) is 0 Å². The number of benzene rings is 17. The maximum absolute atomic E-state index is 2.78. The predicted octanol–water partition coefficient (Wildman–Crippen LogP) is 30.2. The third-order valence-electron chi connectivity index (χ3n) is 27.2. The van der Waals surface area contributed by atoms with Crippen molar-refractivity contribution in [1.29, 1.82) is 0 Å². The first-order valence-electron chi connectivity index (χ1n) is 44.6. The van der Waals surface area contributed by atoms with E-state index in [2.05, 4.69) is 478 Å². The van der Waals surface area contributed by atoms with Crippen LogP contribution in [0, 0.1) is 0 Å². The van der Waals surface area contributed by atoms with Crippen LogP contribution in [0.5, 0.6) is 0 Å². The highest BCUT2D eigenvalue weighted by Gasteiger charge is 2.47. The third kappa shape index (κ3) is 13.0. The Balaban J connectivity index is 0.944. The van der Waals surface area contributed by atoms with E-state index in [0.717, 1.165) is 119 Å². The van der Waals surface area contributed by atoms with Gasteiger partial charge in [-0.05, 0) is 248 Å². The highest BCUT2D eigenvalue weighted by Crippen LogP contribution is 2.57.